The molecule has 0 N–H and O–H groups in total. The standard InChI is InChI=1S/C13H14FN5O/c1-3-19-7-10(9(2)17-19)8-20-13-5-4-11(16-18-15)6-12(13)14/h4-7H,3,8H2,1-2H3. The van der Waals surface area contributed by atoms with E-state index < -0.39 is 5.82 Å². The van der Waals surface area contributed by atoms with Gasteiger partial charge >= 0.3 is 0 Å². The topological polar surface area (TPSA) is 75.8 Å². The molecule has 0 amide bonds. The maximum atomic E-state index is 13.7. The highest BCUT2D eigenvalue weighted by Gasteiger charge is 2.08. The van der Waals surface area contributed by atoms with Crippen LogP contribution in [0.1, 0.15) is 18.2 Å². The predicted molar refractivity (Wildman–Crippen MR) is 72.2 cm³/mol. The second-order valence-corrected chi connectivity index (χ2v) is 4.19. The first-order valence-corrected chi connectivity index (χ1v) is 6.14. The van der Waals surface area contributed by atoms with E-state index in [1.165, 1.54) is 12.1 Å². The quantitative estimate of drug-likeness (QED) is 0.472. The van der Waals surface area contributed by atoms with Gasteiger partial charge in [-0.05, 0) is 37.6 Å². The van der Waals surface area contributed by atoms with E-state index in [0.29, 0.717) is 0 Å². The van der Waals surface area contributed by atoms with Crippen LogP contribution in [0.15, 0.2) is 29.5 Å². The van der Waals surface area contributed by atoms with Crippen LogP contribution in [-0.2, 0) is 13.2 Å². The van der Waals surface area contributed by atoms with Gasteiger partial charge < -0.3 is 4.74 Å². The van der Waals surface area contributed by atoms with Crippen molar-refractivity contribution in [2.45, 2.75) is 27.0 Å². The Hall–Kier alpha value is -2.53. The van der Waals surface area contributed by atoms with Gasteiger partial charge in [0.1, 0.15) is 6.61 Å². The molecule has 0 radical (unpaired) electrons. The highest BCUT2D eigenvalue weighted by atomic mass is 19.1. The van der Waals surface area contributed by atoms with Crippen LogP contribution in [-0.4, -0.2) is 9.78 Å². The van der Waals surface area contributed by atoms with Crippen LogP contribution >= 0.6 is 0 Å². The van der Waals surface area contributed by atoms with Gasteiger partial charge in [0.25, 0.3) is 0 Å². The first kappa shape index (κ1) is 13.9. The van der Waals surface area contributed by atoms with E-state index in [1.807, 2.05) is 20.0 Å². The Labute approximate surface area is 115 Å². The van der Waals surface area contributed by atoms with E-state index >= 15 is 0 Å². The van der Waals surface area contributed by atoms with Crippen molar-refractivity contribution < 1.29 is 9.13 Å². The Morgan fingerprint density at radius 3 is 2.90 bits per heavy atom. The molecule has 0 saturated heterocycles. The third kappa shape index (κ3) is 3.07. The Bertz CT molecular complexity index is 661. The van der Waals surface area contributed by atoms with Gasteiger partial charge in [-0.2, -0.15) is 5.10 Å². The number of benzene rings is 1. The predicted octanol–water partition coefficient (Wildman–Crippen LogP) is 3.87. The SMILES string of the molecule is CCn1cc(COc2ccc(N=[N+]=[N-])cc2F)c(C)n1. The summed E-state index contributed by atoms with van der Waals surface area (Å²) < 4.78 is 21.0. The fourth-order valence-electron chi connectivity index (χ4n) is 1.74. The zero-order valence-electron chi connectivity index (χ0n) is 11.2. The molecule has 20 heavy (non-hydrogen) atoms. The fraction of sp³-hybridized carbons (Fsp3) is 0.308. The van der Waals surface area contributed by atoms with Crippen LogP contribution in [0.2, 0.25) is 0 Å². The van der Waals surface area contributed by atoms with E-state index in [4.69, 9.17) is 10.3 Å². The van der Waals surface area contributed by atoms with Crippen molar-refractivity contribution in [3.8, 4) is 5.75 Å². The number of hydrogen-bond donors (Lipinski definition) is 0. The van der Waals surface area contributed by atoms with Crippen molar-refractivity contribution in [1.82, 2.24) is 9.78 Å². The van der Waals surface area contributed by atoms with Crippen LogP contribution in [0.5, 0.6) is 5.75 Å². The number of aromatic nitrogens is 2. The molecular formula is C13H14FN5O. The third-order valence-electron chi connectivity index (χ3n) is 2.83. The van der Waals surface area contributed by atoms with Gasteiger partial charge in [0.05, 0.1) is 5.69 Å². The van der Waals surface area contributed by atoms with Crippen molar-refractivity contribution in [1.29, 1.82) is 0 Å². The summed E-state index contributed by atoms with van der Waals surface area (Å²) in [5, 5.41) is 7.62. The molecule has 0 unspecified atom stereocenters. The fourth-order valence-corrected chi connectivity index (χ4v) is 1.74. The minimum atomic E-state index is -0.560. The average molecular weight is 275 g/mol. The second-order valence-electron chi connectivity index (χ2n) is 4.19. The summed E-state index contributed by atoms with van der Waals surface area (Å²) in [6, 6.07) is 4.08. The maximum absolute atomic E-state index is 13.7. The molecule has 0 saturated carbocycles. The molecule has 0 spiro atoms. The maximum Gasteiger partial charge on any atom is 0.165 e. The lowest BCUT2D eigenvalue weighted by molar-refractivity contribution is 0.289. The van der Waals surface area contributed by atoms with Gasteiger partial charge in [0, 0.05) is 28.9 Å². The molecule has 7 heteroatoms. The summed E-state index contributed by atoms with van der Waals surface area (Å²) in [5.74, 6) is -0.444. The van der Waals surface area contributed by atoms with Crippen molar-refractivity contribution in [2.24, 2.45) is 5.11 Å². The molecule has 0 aliphatic carbocycles. The second kappa shape index (κ2) is 6.08. The van der Waals surface area contributed by atoms with Crippen LogP contribution in [0.25, 0.3) is 10.4 Å². The van der Waals surface area contributed by atoms with Gasteiger partial charge in [-0.25, -0.2) is 4.39 Å². The molecule has 6 nitrogen and oxygen atoms in total. The summed E-state index contributed by atoms with van der Waals surface area (Å²) in [5.41, 5.74) is 10.3. The number of azide groups is 1. The molecule has 0 atom stereocenters. The Balaban J connectivity index is 2.10. The minimum Gasteiger partial charge on any atom is -0.486 e. The van der Waals surface area contributed by atoms with Gasteiger partial charge in [-0.15, -0.1) is 0 Å². The van der Waals surface area contributed by atoms with Crippen molar-refractivity contribution in [3.63, 3.8) is 0 Å². The first-order chi connectivity index (χ1) is 9.63. The van der Waals surface area contributed by atoms with Gasteiger partial charge in [0.2, 0.25) is 0 Å². The molecule has 1 aromatic carbocycles. The van der Waals surface area contributed by atoms with Gasteiger partial charge in [-0.1, -0.05) is 5.11 Å². The smallest absolute Gasteiger partial charge is 0.165 e. The number of rotatable bonds is 5. The van der Waals surface area contributed by atoms with Crippen LogP contribution < -0.4 is 4.74 Å². The molecule has 1 heterocycles. The number of aryl methyl sites for hydroxylation is 2. The highest BCUT2D eigenvalue weighted by Crippen LogP contribution is 2.24. The molecule has 0 aliphatic rings. The van der Waals surface area contributed by atoms with Crippen LogP contribution in [0.4, 0.5) is 10.1 Å². The number of halogens is 1. The monoisotopic (exact) mass is 275 g/mol. The summed E-state index contributed by atoms with van der Waals surface area (Å²) >= 11 is 0. The minimum absolute atomic E-state index is 0.116. The van der Waals surface area contributed by atoms with Crippen molar-refractivity contribution in [3.05, 3.63) is 51.9 Å². The molecular weight excluding hydrogens is 261 g/mol. The molecule has 1 aromatic heterocycles. The van der Waals surface area contributed by atoms with E-state index in [2.05, 4.69) is 15.1 Å². The Morgan fingerprint density at radius 2 is 2.30 bits per heavy atom. The van der Waals surface area contributed by atoms with E-state index in [1.54, 1.807) is 4.68 Å². The van der Waals surface area contributed by atoms with Crippen LogP contribution in [0, 0.1) is 12.7 Å². The Kier molecular flexibility index (Phi) is 4.22. The summed E-state index contributed by atoms with van der Waals surface area (Å²) in [7, 11) is 0. The first-order valence-electron chi connectivity index (χ1n) is 6.14. The molecule has 2 aromatic rings. The summed E-state index contributed by atoms with van der Waals surface area (Å²) in [6.45, 7) is 4.89. The lowest BCUT2D eigenvalue weighted by atomic mass is 10.2. The van der Waals surface area contributed by atoms with Gasteiger partial charge in [0.15, 0.2) is 11.6 Å². The number of hydrogen-bond acceptors (Lipinski definition) is 3. The highest BCUT2D eigenvalue weighted by molar-refractivity contribution is 5.42. The van der Waals surface area contributed by atoms with Crippen molar-refractivity contribution >= 4 is 5.69 Å². The molecule has 0 fully saturated rings. The summed E-state index contributed by atoms with van der Waals surface area (Å²) in [4.78, 5) is 2.60. The molecule has 104 valence electrons. The van der Waals surface area contributed by atoms with E-state index in [9.17, 15) is 4.39 Å². The molecule has 0 bridgehead atoms. The number of ether oxygens (including phenoxy) is 1. The zero-order valence-corrected chi connectivity index (χ0v) is 11.2. The molecule has 0 aliphatic heterocycles. The zero-order chi connectivity index (χ0) is 14.5. The van der Waals surface area contributed by atoms with Crippen LogP contribution in [0.3, 0.4) is 0 Å². The van der Waals surface area contributed by atoms with Crippen molar-refractivity contribution in [2.75, 3.05) is 0 Å². The summed E-state index contributed by atoms with van der Waals surface area (Å²) in [6.07, 6.45) is 1.88. The van der Waals surface area contributed by atoms with E-state index in [0.717, 1.165) is 23.9 Å². The average Bonchev–Trinajstić information content (AvgIpc) is 2.79. The normalized spacial score (nSPS) is 10.2. The lowest BCUT2D eigenvalue weighted by Crippen LogP contribution is -1.97. The van der Waals surface area contributed by atoms with Gasteiger partial charge in [-0.3, -0.25) is 4.68 Å². The largest absolute Gasteiger partial charge is 0.486 e. The molecule has 2 rings (SSSR count). The number of nitrogens with zero attached hydrogens (tertiary/aromatic N) is 5. The van der Waals surface area contributed by atoms with E-state index in [-0.39, 0.29) is 18.0 Å². The Morgan fingerprint density at radius 1 is 1.50 bits per heavy atom. The third-order valence-corrected chi connectivity index (χ3v) is 2.83. The lowest BCUT2D eigenvalue weighted by Gasteiger charge is -2.06.